The Kier molecular flexibility index (Phi) is 5.17. The third-order valence-electron chi connectivity index (χ3n) is 2.96. The molecule has 0 aliphatic rings. The van der Waals surface area contributed by atoms with E-state index in [-0.39, 0.29) is 16.9 Å². The Labute approximate surface area is 137 Å². The molecular weight excluding hydrogens is 322 g/mol. The average Bonchev–Trinajstić information content (AvgIpc) is 2.85. The van der Waals surface area contributed by atoms with E-state index in [0.29, 0.717) is 18.0 Å². The van der Waals surface area contributed by atoms with E-state index in [4.69, 9.17) is 26.8 Å². The first kappa shape index (κ1) is 16.8. The van der Waals surface area contributed by atoms with Crippen molar-refractivity contribution < 1.29 is 14.3 Å². The zero-order valence-electron chi connectivity index (χ0n) is 12.9. The van der Waals surface area contributed by atoms with Crippen molar-refractivity contribution in [3.63, 3.8) is 0 Å². The maximum absolute atomic E-state index is 11.4. The van der Waals surface area contributed by atoms with Crippen molar-refractivity contribution in [3.8, 4) is 11.6 Å². The lowest BCUT2D eigenvalue weighted by molar-refractivity contribution is -0.137. The van der Waals surface area contributed by atoms with Crippen molar-refractivity contribution in [2.45, 2.75) is 13.8 Å². The van der Waals surface area contributed by atoms with Crippen LogP contribution in [0.1, 0.15) is 18.2 Å². The average molecular weight is 338 g/mol. The van der Waals surface area contributed by atoms with Crippen molar-refractivity contribution in [2.24, 2.45) is 0 Å². The predicted molar refractivity (Wildman–Crippen MR) is 85.5 cm³/mol. The van der Waals surface area contributed by atoms with Gasteiger partial charge in [-0.2, -0.15) is 15.1 Å². The normalized spacial score (nSPS) is 11.0. The topological polar surface area (TPSA) is 105 Å². The maximum Gasteiger partial charge on any atom is 0.330 e. The molecule has 0 fully saturated rings. The summed E-state index contributed by atoms with van der Waals surface area (Å²) >= 11 is 6.01. The molecule has 0 spiro atoms. The third kappa shape index (κ3) is 3.59. The van der Waals surface area contributed by atoms with Gasteiger partial charge < -0.3 is 15.2 Å². The Morgan fingerprint density at radius 1 is 1.48 bits per heavy atom. The number of aromatic nitrogens is 4. The molecule has 0 saturated carbocycles. The molecule has 0 radical (unpaired) electrons. The number of hydrogen-bond acceptors (Lipinski definition) is 7. The van der Waals surface area contributed by atoms with E-state index < -0.39 is 5.97 Å². The van der Waals surface area contributed by atoms with Gasteiger partial charge in [0, 0.05) is 11.6 Å². The summed E-state index contributed by atoms with van der Waals surface area (Å²) in [6.07, 6.45) is 4.52. The molecule has 23 heavy (non-hydrogen) atoms. The highest BCUT2D eigenvalue weighted by molar-refractivity contribution is 6.31. The van der Waals surface area contributed by atoms with Crippen LogP contribution in [-0.2, 0) is 9.53 Å². The van der Waals surface area contributed by atoms with Gasteiger partial charge in [0.05, 0.1) is 25.6 Å². The van der Waals surface area contributed by atoms with Gasteiger partial charge in [-0.15, -0.1) is 0 Å². The summed E-state index contributed by atoms with van der Waals surface area (Å²) in [4.78, 5) is 19.3. The van der Waals surface area contributed by atoms with E-state index >= 15 is 0 Å². The minimum atomic E-state index is -0.424. The molecule has 8 nitrogen and oxygen atoms in total. The lowest BCUT2D eigenvalue weighted by atomic mass is 10.2. The number of methoxy groups -OCH3 is 1. The molecule has 0 saturated heterocycles. The number of hydrogen-bond donors (Lipinski definition) is 1. The maximum atomic E-state index is 11.4. The van der Waals surface area contributed by atoms with Crippen LogP contribution in [-0.4, -0.2) is 39.4 Å². The predicted octanol–water partition coefficient (Wildman–Crippen LogP) is 1.79. The molecular formula is C14H16ClN5O3. The van der Waals surface area contributed by atoms with Crippen molar-refractivity contribution in [2.75, 3.05) is 19.5 Å². The van der Waals surface area contributed by atoms with E-state index in [0.717, 1.165) is 5.69 Å². The number of anilines is 1. The summed E-state index contributed by atoms with van der Waals surface area (Å²) in [6, 6.07) is 0. The number of nitrogen functional groups attached to an aromatic ring is 1. The number of carbonyl (C=O) groups is 1. The molecule has 0 atom stereocenters. The first-order valence-electron chi connectivity index (χ1n) is 6.74. The zero-order valence-corrected chi connectivity index (χ0v) is 13.7. The molecule has 2 N–H and O–H groups in total. The van der Waals surface area contributed by atoms with Gasteiger partial charge in [-0.3, -0.25) is 0 Å². The molecule has 2 aromatic heterocycles. The number of carbonyl (C=O) groups excluding carboxylic acids is 1. The molecule has 0 aromatic carbocycles. The number of ether oxygens (including phenoxy) is 2. The Bertz CT molecular complexity index is 757. The smallest absolute Gasteiger partial charge is 0.330 e. The van der Waals surface area contributed by atoms with Gasteiger partial charge in [0.25, 0.3) is 0 Å². The minimum Gasteiger partial charge on any atom is -0.490 e. The minimum absolute atomic E-state index is 0.00400. The van der Waals surface area contributed by atoms with Crippen LogP contribution < -0.4 is 10.5 Å². The van der Waals surface area contributed by atoms with Gasteiger partial charge in [0.2, 0.25) is 17.5 Å². The molecule has 2 heterocycles. The lowest BCUT2D eigenvalue weighted by Gasteiger charge is -2.10. The van der Waals surface area contributed by atoms with E-state index in [9.17, 15) is 4.79 Å². The third-order valence-corrected chi connectivity index (χ3v) is 3.22. The number of rotatable bonds is 5. The molecule has 2 rings (SSSR count). The standard InChI is InChI=1S/C14H16ClN5O3/c1-4-23-10(21)6-5-9-7-17-20(8(9)2)13-11(22-3)12(15)18-14(16)19-13/h5-7H,4H2,1-3H3,(H2,16,18,19)/b6-5+. The Morgan fingerprint density at radius 2 is 2.22 bits per heavy atom. The van der Waals surface area contributed by atoms with Crippen LogP contribution in [0.4, 0.5) is 5.95 Å². The summed E-state index contributed by atoms with van der Waals surface area (Å²) < 4.78 is 11.6. The summed E-state index contributed by atoms with van der Waals surface area (Å²) in [7, 11) is 1.45. The van der Waals surface area contributed by atoms with Gasteiger partial charge in [-0.05, 0) is 19.9 Å². The molecule has 9 heteroatoms. The van der Waals surface area contributed by atoms with Crippen molar-refractivity contribution in [1.29, 1.82) is 0 Å². The van der Waals surface area contributed by atoms with Crippen LogP contribution in [0.2, 0.25) is 5.15 Å². The Morgan fingerprint density at radius 3 is 2.87 bits per heavy atom. The fourth-order valence-electron chi connectivity index (χ4n) is 1.89. The van der Waals surface area contributed by atoms with Crippen molar-refractivity contribution >= 4 is 29.6 Å². The molecule has 0 bridgehead atoms. The van der Waals surface area contributed by atoms with Crippen molar-refractivity contribution in [3.05, 3.63) is 28.7 Å². The van der Waals surface area contributed by atoms with E-state index in [1.807, 2.05) is 6.92 Å². The SMILES string of the molecule is CCOC(=O)/C=C/c1cnn(-c2nc(N)nc(Cl)c2OC)c1C. The zero-order chi connectivity index (χ0) is 17.0. The second-order valence-corrected chi connectivity index (χ2v) is 4.77. The largest absolute Gasteiger partial charge is 0.490 e. The monoisotopic (exact) mass is 337 g/mol. The van der Waals surface area contributed by atoms with Gasteiger partial charge in [-0.1, -0.05) is 11.6 Å². The Hall–Kier alpha value is -2.61. The highest BCUT2D eigenvalue weighted by Gasteiger charge is 2.17. The van der Waals surface area contributed by atoms with E-state index in [2.05, 4.69) is 15.1 Å². The molecule has 0 aliphatic carbocycles. The number of esters is 1. The van der Waals surface area contributed by atoms with Crippen LogP contribution in [0.15, 0.2) is 12.3 Å². The van der Waals surface area contributed by atoms with Crippen LogP contribution >= 0.6 is 11.6 Å². The van der Waals surface area contributed by atoms with Gasteiger partial charge in [-0.25, -0.2) is 9.48 Å². The molecule has 122 valence electrons. The number of nitrogens with two attached hydrogens (primary N) is 1. The van der Waals surface area contributed by atoms with Crippen LogP contribution in [0.25, 0.3) is 11.9 Å². The van der Waals surface area contributed by atoms with Crippen LogP contribution in [0.5, 0.6) is 5.75 Å². The van der Waals surface area contributed by atoms with Crippen LogP contribution in [0, 0.1) is 6.92 Å². The first-order chi connectivity index (χ1) is 11.0. The summed E-state index contributed by atoms with van der Waals surface area (Å²) in [6.45, 7) is 3.87. The number of nitrogens with zero attached hydrogens (tertiary/aromatic N) is 4. The first-order valence-corrected chi connectivity index (χ1v) is 7.12. The molecule has 0 aliphatic heterocycles. The number of halogens is 1. The van der Waals surface area contributed by atoms with Gasteiger partial charge >= 0.3 is 5.97 Å². The lowest BCUT2D eigenvalue weighted by Crippen LogP contribution is -2.08. The highest BCUT2D eigenvalue weighted by atomic mass is 35.5. The van der Waals surface area contributed by atoms with E-state index in [1.54, 1.807) is 19.2 Å². The quantitative estimate of drug-likeness (QED) is 0.503. The second-order valence-electron chi connectivity index (χ2n) is 4.41. The molecule has 2 aromatic rings. The molecule has 0 unspecified atom stereocenters. The van der Waals surface area contributed by atoms with Gasteiger partial charge in [0.15, 0.2) is 5.15 Å². The fraction of sp³-hybridized carbons (Fsp3) is 0.286. The highest BCUT2D eigenvalue weighted by Crippen LogP contribution is 2.30. The van der Waals surface area contributed by atoms with Crippen molar-refractivity contribution in [1.82, 2.24) is 19.7 Å². The summed E-state index contributed by atoms with van der Waals surface area (Å²) in [5.41, 5.74) is 7.07. The second kappa shape index (κ2) is 7.10. The summed E-state index contributed by atoms with van der Waals surface area (Å²) in [5.74, 6) is 0.155. The summed E-state index contributed by atoms with van der Waals surface area (Å²) in [5, 5.41) is 4.32. The fourth-order valence-corrected chi connectivity index (χ4v) is 2.14. The Balaban J connectivity index is 2.42. The van der Waals surface area contributed by atoms with Gasteiger partial charge in [0.1, 0.15) is 0 Å². The molecule has 0 amide bonds. The van der Waals surface area contributed by atoms with Crippen LogP contribution in [0.3, 0.4) is 0 Å². The van der Waals surface area contributed by atoms with E-state index in [1.165, 1.54) is 17.9 Å².